The Morgan fingerprint density at radius 1 is 1.21 bits per heavy atom. The van der Waals surface area contributed by atoms with Gasteiger partial charge in [-0.15, -0.1) is 0 Å². The Kier molecular flexibility index (Phi) is 6.64. The van der Waals surface area contributed by atoms with Crippen molar-refractivity contribution in [1.82, 2.24) is 15.1 Å². The molecule has 1 fully saturated rings. The highest BCUT2D eigenvalue weighted by Crippen LogP contribution is 2.21. The minimum absolute atomic E-state index is 0.0765. The fraction of sp³-hybridized carbons (Fsp3) is 0.579. The van der Waals surface area contributed by atoms with Gasteiger partial charge < -0.3 is 15.1 Å². The van der Waals surface area contributed by atoms with Crippen LogP contribution in [0.4, 0.5) is 4.79 Å². The highest BCUT2D eigenvalue weighted by molar-refractivity contribution is 5.83. The van der Waals surface area contributed by atoms with E-state index in [1.54, 1.807) is 19.0 Å². The molecule has 1 aromatic carbocycles. The Morgan fingerprint density at radius 3 is 2.38 bits per heavy atom. The molecule has 0 aliphatic carbocycles. The number of carbonyl (C=O) groups is 2. The fourth-order valence-corrected chi connectivity index (χ4v) is 3.24. The summed E-state index contributed by atoms with van der Waals surface area (Å²) in [5, 5.41) is 3.12. The molecule has 1 aliphatic heterocycles. The average molecular weight is 331 g/mol. The number of hydrogen-bond donors (Lipinski definition) is 1. The molecule has 0 unspecified atom stereocenters. The summed E-state index contributed by atoms with van der Waals surface area (Å²) >= 11 is 0. The lowest BCUT2D eigenvalue weighted by Crippen LogP contribution is -2.45. The van der Waals surface area contributed by atoms with E-state index in [9.17, 15) is 9.59 Å². The van der Waals surface area contributed by atoms with Gasteiger partial charge in [-0.05, 0) is 30.7 Å². The lowest BCUT2D eigenvalue weighted by atomic mass is 9.94. The molecule has 0 aromatic heterocycles. The van der Waals surface area contributed by atoms with Crippen LogP contribution in [0.3, 0.4) is 0 Å². The summed E-state index contributed by atoms with van der Waals surface area (Å²) < 4.78 is 0. The van der Waals surface area contributed by atoms with E-state index in [1.807, 2.05) is 42.2 Å². The predicted octanol–water partition coefficient (Wildman–Crippen LogP) is 2.69. The molecule has 0 saturated carbocycles. The Hall–Kier alpha value is -2.04. The minimum atomic E-state index is -0.0818. The zero-order valence-corrected chi connectivity index (χ0v) is 15.0. The van der Waals surface area contributed by atoms with Crippen LogP contribution in [0.25, 0.3) is 0 Å². The Bertz CT molecular complexity index is 537. The number of urea groups is 1. The summed E-state index contributed by atoms with van der Waals surface area (Å²) in [5.74, 6) is 0.477. The van der Waals surface area contributed by atoms with Gasteiger partial charge in [0, 0.05) is 33.7 Å². The molecule has 1 saturated heterocycles. The largest absolute Gasteiger partial charge is 0.355 e. The number of carbonyl (C=O) groups excluding carboxylic acids is 2. The monoisotopic (exact) mass is 331 g/mol. The molecule has 24 heavy (non-hydrogen) atoms. The van der Waals surface area contributed by atoms with Crippen molar-refractivity contribution < 1.29 is 9.59 Å². The van der Waals surface area contributed by atoms with Crippen molar-refractivity contribution >= 4 is 11.9 Å². The van der Waals surface area contributed by atoms with E-state index < -0.39 is 0 Å². The maximum atomic E-state index is 12.5. The maximum Gasteiger partial charge on any atom is 0.319 e. The van der Waals surface area contributed by atoms with Crippen molar-refractivity contribution in [3.8, 4) is 0 Å². The van der Waals surface area contributed by atoms with Gasteiger partial charge in [0.2, 0.25) is 5.91 Å². The number of nitrogens with zero attached hydrogens (tertiary/aromatic N) is 2. The van der Waals surface area contributed by atoms with Crippen LogP contribution in [0.15, 0.2) is 30.3 Å². The van der Waals surface area contributed by atoms with E-state index >= 15 is 0 Å². The number of piperidine rings is 1. The number of amides is 3. The molecule has 1 atom stereocenters. The summed E-state index contributed by atoms with van der Waals surface area (Å²) in [4.78, 5) is 27.9. The molecule has 0 bridgehead atoms. The van der Waals surface area contributed by atoms with Crippen LogP contribution in [0.1, 0.15) is 37.7 Å². The first-order valence-electron chi connectivity index (χ1n) is 8.81. The van der Waals surface area contributed by atoms with Crippen molar-refractivity contribution in [2.75, 3.05) is 33.7 Å². The summed E-state index contributed by atoms with van der Waals surface area (Å²) in [6.45, 7) is 4.29. The van der Waals surface area contributed by atoms with Crippen LogP contribution in [-0.4, -0.2) is 55.5 Å². The van der Waals surface area contributed by atoms with Gasteiger partial charge >= 0.3 is 6.03 Å². The molecule has 0 radical (unpaired) electrons. The number of rotatable bonds is 5. The van der Waals surface area contributed by atoms with Gasteiger partial charge in [0.1, 0.15) is 0 Å². The second-order valence-corrected chi connectivity index (χ2v) is 6.72. The van der Waals surface area contributed by atoms with E-state index in [-0.39, 0.29) is 17.9 Å². The van der Waals surface area contributed by atoms with Crippen LogP contribution in [0.5, 0.6) is 0 Å². The van der Waals surface area contributed by atoms with Gasteiger partial charge in [0.25, 0.3) is 0 Å². The van der Waals surface area contributed by atoms with Crippen molar-refractivity contribution in [3.05, 3.63) is 35.9 Å². The Labute approximate surface area is 145 Å². The van der Waals surface area contributed by atoms with Gasteiger partial charge in [0.05, 0.1) is 5.92 Å². The van der Waals surface area contributed by atoms with Gasteiger partial charge in [-0.1, -0.05) is 37.3 Å². The fourth-order valence-electron chi connectivity index (χ4n) is 3.24. The maximum absolute atomic E-state index is 12.5. The third-order valence-corrected chi connectivity index (χ3v) is 4.76. The van der Waals surface area contributed by atoms with Gasteiger partial charge in [-0.3, -0.25) is 4.79 Å². The van der Waals surface area contributed by atoms with E-state index in [0.29, 0.717) is 12.5 Å². The quantitative estimate of drug-likeness (QED) is 0.902. The van der Waals surface area contributed by atoms with Crippen molar-refractivity contribution in [3.63, 3.8) is 0 Å². The average Bonchev–Trinajstić information content (AvgIpc) is 2.61. The van der Waals surface area contributed by atoms with E-state index in [1.165, 1.54) is 0 Å². The van der Waals surface area contributed by atoms with E-state index in [0.717, 1.165) is 37.9 Å². The standard InChI is InChI=1S/C19H29N3O2/c1-4-17(16-8-6-5-7-9-16)18(23)20-14-15-10-12-22(13-11-15)19(24)21(2)3/h5-9,15,17H,4,10-14H2,1-3H3,(H,20,23)/t17-/m0/s1. The number of likely N-dealkylation sites (tertiary alicyclic amines) is 1. The third-order valence-electron chi connectivity index (χ3n) is 4.76. The van der Waals surface area contributed by atoms with Gasteiger partial charge in [-0.25, -0.2) is 4.79 Å². The van der Waals surface area contributed by atoms with Crippen molar-refractivity contribution in [2.24, 2.45) is 5.92 Å². The second-order valence-electron chi connectivity index (χ2n) is 6.72. The smallest absolute Gasteiger partial charge is 0.319 e. The van der Waals surface area contributed by atoms with Crippen LogP contribution in [0.2, 0.25) is 0 Å². The van der Waals surface area contributed by atoms with E-state index in [4.69, 9.17) is 0 Å². The Morgan fingerprint density at radius 2 is 1.83 bits per heavy atom. The normalized spacial score (nSPS) is 16.5. The molecule has 3 amide bonds. The zero-order valence-electron chi connectivity index (χ0n) is 15.0. The summed E-state index contributed by atoms with van der Waals surface area (Å²) in [6.07, 6.45) is 2.69. The lowest BCUT2D eigenvalue weighted by molar-refractivity contribution is -0.122. The first-order valence-corrected chi connectivity index (χ1v) is 8.81. The number of nitrogens with one attached hydrogen (secondary N) is 1. The molecule has 1 N–H and O–H groups in total. The van der Waals surface area contributed by atoms with Gasteiger partial charge in [0.15, 0.2) is 0 Å². The molecule has 1 heterocycles. The number of benzene rings is 1. The minimum Gasteiger partial charge on any atom is -0.355 e. The molecule has 5 nitrogen and oxygen atoms in total. The SMILES string of the molecule is CC[C@H](C(=O)NCC1CCN(C(=O)N(C)C)CC1)c1ccccc1. The molecule has 1 aliphatic rings. The molecule has 0 spiro atoms. The lowest BCUT2D eigenvalue weighted by Gasteiger charge is -2.33. The zero-order chi connectivity index (χ0) is 17.5. The highest BCUT2D eigenvalue weighted by Gasteiger charge is 2.25. The van der Waals surface area contributed by atoms with Gasteiger partial charge in [-0.2, -0.15) is 0 Å². The summed E-state index contributed by atoms with van der Waals surface area (Å²) in [6, 6.07) is 10.0. The third kappa shape index (κ3) is 4.73. The molecule has 132 valence electrons. The molecular weight excluding hydrogens is 302 g/mol. The summed E-state index contributed by atoms with van der Waals surface area (Å²) in [7, 11) is 3.56. The number of hydrogen-bond acceptors (Lipinski definition) is 2. The highest BCUT2D eigenvalue weighted by atomic mass is 16.2. The molecule has 2 rings (SSSR count). The first kappa shape index (κ1) is 18.3. The van der Waals surface area contributed by atoms with Crippen LogP contribution in [0, 0.1) is 5.92 Å². The topological polar surface area (TPSA) is 52.7 Å². The second kappa shape index (κ2) is 8.71. The predicted molar refractivity (Wildman–Crippen MR) is 95.9 cm³/mol. The molecule has 5 heteroatoms. The summed E-state index contributed by atoms with van der Waals surface area (Å²) in [5.41, 5.74) is 1.07. The van der Waals surface area contributed by atoms with Crippen LogP contribution >= 0.6 is 0 Å². The molecular formula is C19H29N3O2. The van der Waals surface area contributed by atoms with Crippen LogP contribution in [-0.2, 0) is 4.79 Å². The van der Waals surface area contributed by atoms with E-state index in [2.05, 4.69) is 5.32 Å². The first-order chi connectivity index (χ1) is 11.5. The van der Waals surface area contributed by atoms with Crippen LogP contribution < -0.4 is 5.32 Å². The van der Waals surface area contributed by atoms with Crippen molar-refractivity contribution in [2.45, 2.75) is 32.1 Å². The molecule has 1 aromatic rings. The Balaban J connectivity index is 1.79. The van der Waals surface area contributed by atoms with Crippen molar-refractivity contribution in [1.29, 1.82) is 0 Å².